The molecule has 1 unspecified atom stereocenters. The van der Waals surface area contributed by atoms with Crippen LogP contribution in [0.1, 0.15) is 18.4 Å². The maximum Gasteiger partial charge on any atom is 0.286 e. The molecule has 2 fully saturated rings. The summed E-state index contributed by atoms with van der Waals surface area (Å²) < 4.78 is 0. The van der Waals surface area contributed by atoms with Gasteiger partial charge in [0, 0.05) is 38.1 Å². The van der Waals surface area contributed by atoms with E-state index in [-0.39, 0.29) is 5.91 Å². The lowest BCUT2D eigenvalue weighted by molar-refractivity contribution is -0.113. The van der Waals surface area contributed by atoms with Gasteiger partial charge in [-0.3, -0.25) is 14.7 Å². The van der Waals surface area contributed by atoms with Crippen LogP contribution in [0.5, 0.6) is 0 Å². The molecule has 0 radical (unpaired) electrons. The van der Waals surface area contributed by atoms with Gasteiger partial charge in [-0.1, -0.05) is 6.07 Å². The Hall–Kier alpha value is -1.66. The number of hydrogen-bond acceptors (Lipinski definition) is 5. The topological polar surface area (TPSA) is 48.8 Å². The Kier molecular flexibility index (Phi) is 3.72. The molecule has 0 aliphatic carbocycles. The van der Waals surface area contributed by atoms with Crippen LogP contribution in [0.15, 0.2) is 34.4 Å². The van der Waals surface area contributed by atoms with Crippen molar-refractivity contribution in [3.8, 4) is 0 Å². The Bertz CT molecular complexity index is 643. The highest BCUT2D eigenvalue weighted by molar-refractivity contribution is 8.18. The second-order valence-electron chi connectivity index (χ2n) is 5.87. The van der Waals surface area contributed by atoms with Gasteiger partial charge in [0.1, 0.15) is 0 Å². The van der Waals surface area contributed by atoms with Gasteiger partial charge in [-0.25, -0.2) is 0 Å². The minimum atomic E-state index is -0.127. The summed E-state index contributed by atoms with van der Waals surface area (Å²) >= 11 is 1.50. The van der Waals surface area contributed by atoms with E-state index in [9.17, 15) is 4.79 Å². The fourth-order valence-electron chi connectivity index (χ4n) is 3.31. The highest BCUT2D eigenvalue weighted by atomic mass is 32.2. The van der Waals surface area contributed by atoms with Gasteiger partial charge in [0.2, 0.25) is 0 Å². The van der Waals surface area contributed by atoms with Crippen LogP contribution in [0.3, 0.4) is 0 Å². The summed E-state index contributed by atoms with van der Waals surface area (Å²) in [5.74, 6) is -0.127. The van der Waals surface area contributed by atoms with Gasteiger partial charge in [-0.15, -0.1) is 0 Å². The predicted octanol–water partition coefficient (Wildman–Crippen LogP) is 1.83. The van der Waals surface area contributed by atoms with Gasteiger partial charge < -0.3 is 4.90 Å². The molecule has 114 valence electrons. The standard InChI is InChI=1S/C16H18N4OS/c21-15-14(9-12-3-1-5-17-10-12)22-16(18-15)20-8-7-19-6-2-4-13(19)11-20/h1,3,5,9-10,13H,2,4,6-8,11H2. The zero-order valence-electron chi connectivity index (χ0n) is 12.3. The summed E-state index contributed by atoms with van der Waals surface area (Å²) in [6.07, 6.45) is 7.93. The molecule has 1 aromatic rings. The highest BCUT2D eigenvalue weighted by Gasteiger charge is 2.34. The van der Waals surface area contributed by atoms with Crippen LogP contribution < -0.4 is 0 Å². The lowest BCUT2D eigenvalue weighted by atomic mass is 10.2. The van der Waals surface area contributed by atoms with Crippen molar-refractivity contribution in [2.75, 3.05) is 26.2 Å². The molecule has 0 N–H and O–H groups in total. The third-order valence-corrected chi connectivity index (χ3v) is 5.49. The summed E-state index contributed by atoms with van der Waals surface area (Å²) in [7, 11) is 0. The van der Waals surface area contributed by atoms with E-state index in [1.165, 1.54) is 31.1 Å². The van der Waals surface area contributed by atoms with Gasteiger partial charge in [0.05, 0.1) is 4.91 Å². The number of amides is 1. The zero-order valence-corrected chi connectivity index (χ0v) is 13.1. The van der Waals surface area contributed by atoms with Crippen LogP contribution in [0.25, 0.3) is 6.08 Å². The average Bonchev–Trinajstić information content (AvgIpc) is 3.15. The second kappa shape index (κ2) is 5.85. The molecule has 22 heavy (non-hydrogen) atoms. The van der Waals surface area contributed by atoms with Gasteiger partial charge in [0.25, 0.3) is 5.91 Å². The van der Waals surface area contributed by atoms with Crippen LogP contribution >= 0.6 is 11.8 Å². The highest BCUT2D eigenvalue weighted by Crippen LogP contribution is 2.32. The Morgan fingerprint density at radius 2 is 2.27 bits per heavy atom. The first-order chi connectivity index (χ1) is 10.8. The minimum Gasteiger partial charge on any atom is -0.348 e. The van der Waals surface area contributed by atoms with Gasteiger partial charge >= 0.3 is 0 Å². The van der Waals surface area contributed by atoms with Crippen molar-refractivity contribution in [1.82, 2.24) is 14.8 Å². The van der Waals surface area contributed by atoms with Crippen LogP contribution in [-0.4, -0.2) is 58.1 Å². The van der Waals surface area contributed by atoms with Crippen molar-refractivity contribution >= 4 is 28.9 Å². The Labute approximate surface area is 134 Å². The quantitative estimate of drug-likeness (QED) is 0.740. The number of aromatic nitrogens is 1. The van der Waals surface area contributed by atoms with E-state index in [2.05, 4.69) is 19.8 Å². The number of amidine groups is 1. The molecule has 3 aliphatic rings. The van der Waals surface area contributed by atoms with Crippen molar-refractivity contribution in [3.63, 3.8) is 0 Å². The summed E-state index contributed by atoms with van der Waals surface area (Å²) in [6.45, 7) is 4.28. The predicted molar refractivity (Wildman–Crippen MR) is 88.4 cm³/mol. The first-order valence-electron chi connectivity index (χ1n) is 7.71. The molecule has 4 heterocycles. The van der Waals surface area contributed by atoms with Crippen LogP contribution in [0.4, 0.5) is 0 Å². The maximum atomic E-state index is 12.1. The number of thioether (sulfide) groups is 1. The van der Waals surface area contributed by atoms with Crippen molar-refractivity contribution in [2.24, 2.45) is 4.99 Å². The SMILES string of the molecule is O=C1N=C(N2CCN3CCCC3C2)SC1=Cc1cccnc1. The Morgan fingerprint density at radius 1 is 1.32 bits per heavy atom. The molecule has 6 heteroatoms. The van der Waals surface area contributed by atoms with Crippen molar-refractivity contribution in [2.45, 2.75) is 18.9 Å². The first-order valence-corrected chi connectivity index (χ1v) is 8.53. The van der Waals surface area contributed by atoms with E-state index in [1.54, 1.807) is 12.4 Å². The zero-order chi connectivity index (χ0) is 14.9. The maximum absolute atomic E-state index is 12.1. The number of aliphatic imine (C=N–C) groups is 1. The fraction of sp³-hybridized carbons (Fsp3) is 0.438. The summed E-state index contributed by atoms with van der Waals surface area (Å²) in [4.78, 5) is 26.0. The molecule has 2 saturated heterocycles. The van der Waals surface area contributed by atoms with E-state index in [0.29, 0.717) is 10.9 Å². The number of hydrogen-bond donors (Lipinski definition) is 0. The molecule has 5 nitrogen and oxygen atoms in total. The number of carbonyl (C=O) groups excluding carboxylic acids is 1. The molecule has 0 aromatic carbocycles. The fourth-order valence-corrected chi connectivity index (χ4v) is 4.26. The van der Waals surface area contributed by atoms with E-state index in [1.807, 2.05) is 18.2 Å². The first kappa shape index (κ1) is 14.0. The molecular weight excluding hydrogens is 296 g/mol. The number of pyridine rings is 1. The Balaban J connectivity index is 1.47. The number of nitrogens with zero attached hydrogens (tertiary/aromatic N) is 4. The van der Waals surface area contributed by atoms with E-state index < -0.39 is 0 Å². The number of fused-ring (bicyclic) bond motifs is 1. The van der Waals surface area contributed by atoms with Gasteiger partial charge in [-0.2, -0.15) is 4.99 Å². The monoisotopic (exact) mass is 314 g/mol. The molecule has 0 spiro atoms. The molecule has 1 atom stereocenters. The summed E-state index contributed by atoms with van der Waals surface area (Å²) in [5.41, 5.74) is 0.940. The molecule has 1 aromatic heterocycles. The van der Waals surface area contributed by atoms with E-state index in [4.69, 9.17) is 0 Å². The van der Waals surface area contributed by atoms with Crippen molar-refractivity contribution in [3.05, 3.63) is 35.0 Å². The molecule has 0 bridgehead atoms. The van der Waals surface area contributed by atoms with E-state index in [0.717, 1.165) is 30.4 Å². The third-order valence-electron chi connectivity index (χ3n) is 4.45. The molecule has 0 saturated carbocycles. The molecule has 4 rings (SSSR count). The third kappa shape index (κ3) is 2.68. The number of carbonyl (C=O) groups is 1. The number of rotatable bonds is 1. The minimum absolute atomic E-state index is 0.127. The summed E-state index contributed by atoms with van der Waals surface area (Å²) in [5, 5.41) is 0.867. The van der Waals surface area contributed by atoms with Gasteiger partial charge in [0.15, 0.2) is 5.17 Å². The normalized spacial score (nSPS) is 27.4. The molecular formula is C16H18N4OS. The van der Waals surface area contributed by atoms with Crippen molar-refractivity contribution in [1.29, 1.82) is 0 Å². The van der Waals surface area contributed by atoms with Gasteiger partial charge in [-0.05, 0) is 48.9 Å². The van der Waals surface area contributed by atoms with Crippen LogP contribution in [-0.2, 0) is 4.79 Å². The average molecular weight is 314 g/mol. The molecule has 1 amide bonds. The van der Waals surface area contributed by atoms with Crippen LogP contribution in [0.2, 0.25) is 0 Å². The molecule has 3 aliphatic heterocycles. The number of piperazine rings is 1. The second-order valence-corrected chi connectivity index (χ2v) is 6.88. The smallest absolute Gasteiger partial charge is 0.286 e. The lowest BCUT2D eigenvalue weighted by Gasteiger charge is -2.38. The van der Waals surface area contributed by atoms with Crippen molar-refractivity contribution < 1.29 is 4.79 Å². The summed E-state index contributed by atoms with van der Waals surface area (Å²) in [6, 6.07) is 4.46. The Morgan fingerprint density at radius 3 is 3.14 bits per heavy atom. The van der Waals surface area contributed by atoms with Crippen LogP contribution in [0, 0.1) is 0 Å². The largest absolute Gasteiger partial charge is 0.348 e. The van der Waals surface area contributed by atoms with E-state index >= 15 is 0 Å². The lowest BCUT2D eigenvalue weighted by Crippen LogP contribution is -2.51.